The van der Waals surface area contributed by atoms with Crippen molar-refractivity contribution < 1.29 is 4.79 Å². The quantitative estimate of drug-likeness (QED) is 0.881. The number of carbonyl (C=O) groups is 1. The third-order valence-electron chi connectivity index (χ3n) is 4.60. The molecule has 2 aromatic rings. The predicted octanol–water partition coefficient (Wildman–Crippen LogP) is 2.00. The van der Waals surface area contributed by atoms with E-state index in [1.165, 1.54) is 23.4 Å². The van der Waals surface area contributed by atoms with Gasteiger partial charge in [-0.05, 0) is 30.7 Å². The zero-order valence-electron chi connectivity index (χ0n) is 13.2. The van der Waals surface area contributed by atoms with Crippen LogP contribution in [0.3, 0.4) is 0 Å². The summed E-state index contributed by atoms with van der Waals surface area (Å²) >= 11 is 1.74. The standard InChI is InChI=1S/C17H22N4OS/c22-17(18-7-5-14-2-1-9-23-14)11-20-8-6-16-15(10-20)19-12-21(16)13-3-4-13/h1-2,9,12-13H,3-8,10-11H2,(H,18,22). The van der Waals surface area contributed by atoms with E-state index in [2.05, 4.69) is 31.2 Å². The van der Waals surface area contributed by atoms with Crippen LogP contribution in [0.4, 0.5) is 0 Å². The van der Waals surface area contributed by atoms with E-state index in [1.807, 2.05) is 12.4 Å². The molecule has 2 aromatic heterocycles. The monoisotopic (exact) mass is 330 g/mol. The highest BCUT2D eigenvalue weighted by molar-refractivity contribution is 7.09. The molecule has 23 heavy (non-hydrogen) atoms. The Morgan fingerprint density at radius 1 is 1.43 bits per heavy atom. The number of nitrogens with zero attached hydrogens (tertiary/aromatic N) is 3. The second kappa shape index (κ2) is 6.45. The molecule has 3 heterocycles. The summed E-state index contributed by atoms with van der Waals surface area (Å²) in [6, 6.07) is 4.85. The highest BCUT2D eigenvalue weighted by Gasteiger charge is 2.29. The molecule has 0 atom stereocenters. The smallest absolute Gasteiger partial charge is 0.234 e. The molecule has 1 aliphatic heterocycles. The Hall–Kier alpha value is -1.66. The van der Waals surface area contributed by atoms with Crippen LogP contribution >= 0.6 is 11.3 Å². The summed E-state index contributed by atoms with van der Waals surface area (Å²) in [6.45, 7) is 2.94. The molecule has 6 heteroatoms. The Morgan fingerprint density at radius 2 is 2.35 bits per heavy atom. The lowest BCUT2D eigenvalue weighted by atomic mass is 10.1. The SMILES string of the molecule is O=C(CN1CCc2c(ncn2C2CC2)C1)NCCc1cccs1. The van der Waals surface area contributed by atoms with Crippen LogP contribution in [0.5, 0.6) is 0 Å². The van der Waals surface area contributed by atoms with Gasteiger partial charge in [0.25, 0.3) is 0 Å². The fourth-order valence-corrected chi connectivity index (χ4v) is 3.94. The molecule has 0 bridgehead atoms. The average molecular weight is 330 g/mol. The van der Waals surface area contributed by atoms with Gasteiger partial charge in [0.2, 0.25) is 5.91 Å². The second-order valence-corrected chi connectivity index (χ2v) is 7.45. The van der Waals surface area contributed by atoms with Crippen LogP contribution in [-0.2, 0) is 24.2 Å². The lowest BCUT2D eigenvalue weighted by Gasteiger charge is -2.26. The molecule has 122 valence electrons. The van der Waals surface area contributed by atoms with Gasteiger partial charge >= 0.3 is 0 Å². The van der Waals surface area contributed by atoms with Crippen molar-refractivity contribution in [2.75, 3.05) is 19.6 Å². The van der Waals surface area contributed by atoms with E-state index in [9.17, 15) is 4.79 Å². The summed E-state index contributed by atoms with van der Waals surface area (Å²) in [5.41, 5.74) is 2.55. The molecular formula is C17H22N4OS. The van der Waals surface area contributed by atoms with Crippen LogP contribution in [0.25, 0.3) is 0 Å². The van der Waals surface area contributed by atoms with E-state index >= 15 is 0 Å². The summed E-state index contributed by atoms with van der Waals surface area (Å²) < 4.78 is 2.35. The Balaban J connectivity index is 1.25. The highest BCUT2D eigenvalue weighted by atomic mass is 32.1. The number of rotatable bonds is 6. The van der Waals surface area contributed by atoms with Crippen molar-refractivity contribution in [3.05, 3.63) is 40.1 Å². The molecule has 1 fully saturated rings. The van der Waals surface area contributed by atoms with Crippen molar-refractivity contribution in [3.8, 4) is 0 Å². The number of hydrogen-bond acceptors (Lipinski definition) is 4. The van der Waals surface area contributed by atoms with Crippen molar-refractivity contribution in [2.45, 2.75) is 38.3 Å². The van der Waals surface area contributed by atoms with Gasteiger partial charge in [-0.2, -0.15) is 0 Å². The number of imidazole rings is 1. The van der Waals surface area contributed by atoms with Crippen LogP contribution in [-0.4, -0.2) is 40.0 Å². The van der Waals surface area contributed by atoms with Gasteiger partial charge in [-0.25, -0.2) is 4.98 Å². The zero-order valence-corrected chi connectivity index (χ0v) is 14.0. The molecule has 0 aromatic carbocycles. The summed E-state index contributed by atoms with van der Waals surface area (Å²) in [5.74, 6) is 0.117. The Kier molecular flexibility index (Phi) is 4.18. The fraction of sp³-hybridized carbons (Fsp3) is 0.529. The maximum atomic E-state index is 12.1. The van der Waals surface area contributed by atoms with Crippen molar-refractivity contribution in [1.29, 1.82) is 0 Å². The average Bonchev–Trinajstić information content (AvgIpc) is 3.09. The zero-order chi connectivity index (χ0) is 15.6. The van der Waals surface area contributed by atoms with Crippen molar-refractivity contribution >= 4 is 17.2 Å². The maximum Gasteiger partial charge on any atom is 0.234 e. The molecule has 0 radical (unpaired) electrons. The molecule has 0 saturated heterocycles. The summed E-state index contributed by atoms with van der Waals surface area (Å²) in [7, 11) is 0. The van der Waals surface area contributed by atoms with E-state index < -0.39 is 0 Å². The molecule has 2 aliphatic rings. The number of fused-ring (bicyclic) bond motifs is 1. The molecule has 0 spiro atoms. The minimum Gasteiger partial charge on any atom is -0.355 e. The lowest BCUT2D eigenvalue weighted by molar-refractivity contribution is -0.122. The van der Waals surface area contributed by atoms with Crippen LogP contribution in [0.15, 0.2) is 23.8 Å². The van der Waals surface area contributed by atoms with Crippen molar-refractivity contribution in [1.82, 2.24) is 19.8 Å². The first-order valence-electron chi connectivity index (χ1n) is 8.35. The normalized spacial score (nSPS) is 17.9. The van der Waals surface area contributed by atoms with E-state index in [0.717, 1.165) is 38.2 Å². The fourth-order valence-electron chi connectivity index (χ4n) is 3.23. The highest BCUT2D eigenvalue weighted by Crippen LogP contribution is 2.37. The number of hydrogen-bond donors (Lipinski definition) is 1. The van der Waals surface area contributed by atoms with Gasteiger partial charge in [-0.15, -0.1) is 11.3 Å². The van der Waals surface area contributed by atoms with E-state index in [0.29, 0.717) is 12.6 Å². The topological polar surface area (TPSA) is 50.2 Å². The molecule has 0 unspecified atom stereocenters. The molecule has 1 saturated carbocycles. The Labute approximate surface area is 140 Å². The number of thiophene rings is 1. The van der Waals surface area contributed by atoms with Gasteiger partial charge in [-0.3, -0.25) is 9.69 Å². The van der Waals surface area contributed by atoms with Crippen molar-refractivity contribution in [3.63, 3.8) is 0 Å². The third-order valence-corrected chi connectivity index (χ3v) is 5.54. The molecule has 4 rings (SSSR count). The third kappa shape index (κ3) is 3.48. The molecule has 1 amide bonds. The van der Waals surface area contributed by atoms with Crippen LogP contribution < -0.4 is 5.32 Å². The predicted molar refractivity (Wildman–Crippen MR) is 90.5 cm³/mol. The molecule has 5 nitrogen and oxygen atoms in total. The summed E-state index contributed by atoms with van der Waals surface area (Å²) in [6.07, 6.45) is 6.50. The molecule has 1 aliphatic carbocycles. The number of nitrogens with one attached hydrogen (secondary N) is 1. The minimum atomic E-state index is 0.117. The van der Waals surface area contributed by atoms with E-state index in [-0.39, 0.29) is 5.91 Å². The van der Waals surface area contributed by atoms with Gasteiger partial charge in [0, 0.05) is 42.7 Å². The van der Waals surface area contributed by atoms with Gasteiger partial charge in [0.15, 0.2) is 0 Å². The first-order valence-corrected chi connectivity index (χ1v) is 9.23. The minimum absolute atomic E-state index is 0.117. The van der Waals surface area contributed by atoms with Crippen molar-refractivity contribution in [2.24, 2.45) is 0 Å². The van der Waals surface area contributed by atoms with E-state index in [1.54, 1.807) is 11.3 Å². The second-order valence-electron chi connectivity index (χ2n) is 6.42. The number of aromatic nitrogens is 2. The maximum absolute atomic E-state index is 12.1. The Morgan fingerprint density at radius 3 is 3.13 bits per heavy atom. The first-order chi connectivity index (χ1) is 11.3. The van der Waals surface area contributed by atoms with Gasteiger partial charge < -0.3 is 9.88 Å². The largest absolute Gasteiger partial charge is 0.355 e. The van der Waals surface area contributed by atoms with Crippen LogP contribution in [0.2, 0.25) is 0 Å². The van der Waals surface area contributed by atoms with Gasteiger partial charge in [-0.1, -0.05) is 6.07 Å². The van der Waals surface area contributed by atoms with Crippen LogP contribution in [0, 0.1) is 0 Å². The van der Waals surface area contributed by atoms with Crippen LogP contribution in [0.1, 0.15) is 35.1 Å². The summed E-state index contributed by atoms with van der Waals surface area (Å²) in [4.78, 5) is 20.2. The molecule has 1 N–H and O–H groups in total. The summed E-state index contributed by atoms with van der Waals surface area (Å²) in [5, 5.41) is 5.10. The Bertz CT molecular complexity index is 675. The lowest BCUT2D eigenvalue weighted by Crippen LogP contribution is -2.40. The van der Waals surface area contributed by atoms with Gasteiger partial charge in [0.1, 0.15) is 0 Å². The van der Waals surface area contributed by atoms with E-state index in [4.69, 9.17) is 0 Å². The van der Waals surface area contributed by atoms with Gasteiger partial charge in [0.05, 0.1) is 18.6 Å². The molecular weight excluding hydrogens is 308 g/mol. The number of amides is 1. The number of carbonyl (C=O) groups excluding carboxylic acids is 1. The first kappa shape index (κ1) is 14.9.